The van der Waals surface area contributed by atoms with Crippen molar-refractivity contribution in [3.8, 4) is 28.8 Å². The maximum absolute atomic E-state index is 9.06. The third-order valence-corrected chi connectivity index (χ3v) is 4.55. The topological polar surface area (TPSA) is 98.9 Å². The largest absolute Gasteiger partial charge is 0.356 e. The Hall–Kier alpha value is -3.31. The van der Waals surface area contributed by atoms with Crippen molar-refractivity contribution in [3.63, 3.8) is 0 Å². The van der Waals surface area contributed by atoms with Gasteiger partial charge in [0, 0.05) is 30.2 Å². The minimum atomic E-state index is 0.570. The molecule has 1 aliphatic rings. The van der Waals surface area contributed by atoms with Crippen molar-refractivity contribution in [1.82, 2.24) is 20.3 Å². The van der Waals surface area contributed by atoms with E-state index in [0.717, 1.165) is 47.6 Å². The second-order valence-electron chi connectivity index (χ2n) is 5.63. The second-order valence-corrected chi connectivity index (χ2v) is 6.49. The molecule has 0 saturated carbocycles. The number of aromatic nitrogens is 3. The van der Waals surface area contributed by atoms with Crippen LogP contribution in [-0.2, 0) is 0 Å². The molecule has 7 nitrogen and oxygen atoms in total. The number of nitrogens with one attached hydrogen (secondary N) is 2. The molecule has 0 amide bonds. The summed E-state index contributed by atoms with van der Waals surface area (Å²) in [5.74, 6) is 1.33. The lowest BCUT2D eigenvalue weighted by Gasteiger charge is -2.14. The predicted molar refractivity (Wildman–Crippen MR) is 102 cm³/mol. The highest BCUT2D eigenvalue weighted by atomic mass is 32.1. The van der Waals surface area contributed by atoms with Crippen LogP contribution in [0.1, 0.15) is 12.0 Å². The van der Waals surface area contributed by atoms with Gasteiger partial charge in [0.25, 0.3) is 0 Å². The lowest BCUT2D eigenvalue weighted by atomic mass is 10.1. The van der Waals surface area contributed by atoms with Crippen LogP contribution in [0.3, 0.4) is 0 Å². The molecular formula is C18H15N7S. The number of thiazole rings is 1. The number of nitrogens with zero attached hydrogens (tertiary/aromatic N) is 5. The third-order valence-electron chi connectivity index (χ3n) is 3.79. The number of nitriles is 1. The standard InChI is InChI=1S/C18H15N7S/c19-10-12-3-1-4-13(9-12)16-20-8-5-14(23-16)15-11-26-18(24-15)25-17-21-6-2-7-22-17/h1,3-5,8-9,11H,2,6-7H2,(H2,21,22,24,25). The second kappa shape index (κ2) is 7.29. The fraction of sp³-hybridized carbons (Fsp3) is 0.167. The number of benzene rings is 1. The first-order chi connectivity index (χ1) is 12.8. The third kappa shape index (κ3) is 3.53. The van der Waals surface area contributed by atoms with Crippen molar-refractivity contribution in [2.75, 3.05) is 18.4 Å². The summed E-state index contributed by atoms with van der Waals surface area (Å²) >= 11 is 1.50. The van der Waals surface area contributed by atoms with E-state index in [9.17, 15) is 0 Å². The summed E-state index contributed by atoms with van der Waals surface area (Å²) in [5, 5.41) is 18.2. The van der Waals surface area contributed by atoms with Crippen molar-refractivity contribution in [2.24, 2.45) is 4.99 Å². The van der Waals surface area contributed by atoms with Crippen LogP contribution in [0.4, 0.5) is 5.13 Å². The van der Waals surface area contributed by atoms with Crippen LogP contribution >= 0.6 is 11.3 Å². The van der Waals surface area contributed by atoms with E-state index in [1.807, 2.05) is 23.6 Å². The number of rotatable bonds is 3. The average Bonchev–Trinajstić information content (AvgIpc) is 3.17. The Morgan fingerprint density at radius 2 is 2.15 bits per heavy atom. The van der Waals surface area contributed by atoms with E-state index in [4.69, 9.17) is 5.26 Å². The van der Waals surface area contributed by atoms with Crippen molar-refractivity contribution in [2.45, 2.75) is 6.42 Å². The summed E-state index contributed by atoms with van der Waals surface area (Å²) in [4.78, 5) is 17.9. The highest BCUT2D eigenvalue weighted by molar-refractivity contribution is 7.14. The van der Waals surface area contributed by atoms with Gasteiger partial charge < -0.3 is 10.6 Å². The SMILES string of the molecule is N#Cc1cccc(-c2nccc(-c3csc(NC4=NCCCN4)n3)n2)c1. The minimum Gasteiger partial charge on any atom is -0.356 e. The summed E-state index contributed by atoms with van der Waals surface area (Å²) in [6.07, 6.45) is 2.75. The Labute approximate surface area is 154 Å². The molecule has 0 unspecified atom stereocenters. The van der Waals surface area contributed by atoms with Crippen LogP contribution in [0.5, 0.6) is 0 Å². The summed E-state index contributed by atoms with van der Waals surface area (Å²) in [6, 6.07) is 11.2. The Morgan fingerprint density at radius 3 is 3.00 bits per heavy atom. The highest BCUT2D eigenvalue weighted by Crippen LogP contribution is 2.25. The quantitative estimate of drug-likeness (QED) is 0.744. The van der Waals surface area contributed by atoms with Gasteiger partial charge in [-0.1, -0.05) is 12.1 Å². The number of aliphatic imine (C=N–C) groups is 1. The monoisotopic (exact) mass is 361 g/mol. The van der Waals surface area contributed by atoms with Gasteiger partial charge in [-0.15, -0.1) is 11.3 Å². The van der Waals surface area contributed by atoms with E-state index >= 15 is 0 Å². The number of guanidine groups is 1. The van der Waals surface area contributed by atoms with Crippen molar-refractivity contribution >= 4 is 22.4 Å². The molecule has 0 spiro atoms. The molecule has 2 N–H and O–H groups in total. The normalized spacial score (nSPS) is 13.4. The van der Waals surface area contributed by atoms with Crippen LogP contribution < -0.4 is 10.6 Å². The van der Waals surface area contributed by atoms with Crippen molar-refractivity contribution < 1.29 is 0 Å². The summed E-state index contributed by atoms with van der Waals surface area (Å²) < 4.78 is 0. The molecule has 3 aromatic rings. The van der Waals surface area contributed by atoms with Crippen LogP contribution in [0.25, 0.3) is 22.8 Å². The Bertz CT molecular complexity index is 1000. The van der Waals surface area contributed by atoms with Crippen LogP contribution in [0.2, 0.25) is 0 Å². The van der Waals surface area contributed by atoms with Gasteiger partial charge in [-0.2, -0.15) is 5.26 Å². The molecule has 0 aliphatic carbocycles. The first-order valence-electron chi connectivity index (χ1n) is 8.17. The van der Waals surface area contributed by atoms with Crippen LogP contribution in [-0.4, -0.2) is 34.0 Å². The maximum Gasteiger partial charge on any atom is 0.197 e. The predicted octanol–water partition coefficient (Wildman–Crippen LogP) is 2.90. The molecule has 3 heterocycles. The molecular weight excluding hydrogens is 346 g/mol. The summed E-state index contributed by atoms with van der Waals surface area (Å²) in [5.41, 5.74) is 2.90. The van der Waals surface area contributed by atoms with Gasteiger partial charge in [0.05, 0.1) is 17.3 Å². The van der Waals surface area contributed by atoms with Gasteiger partial charge in [0.15, 0.2) is 16.9 Å². The highest BCUT2D eigenvalue weighted by Gasteiger charge is 2.11. The van der Waals surface area contributed by atoms with Crippen molar-refractivity contribution in [3.05, 3.63) is 47.5 Å². The lowest BCUT2D eigenvalue weighted by molar-refractivity contribution is 0.740. The zero-order chi connectivity index (χ0) is 17.8. The molecule has 26 heavy (non-hydrogen) atoms. The van der Waals surface area contributed by atoms with Gasteiger partial charge >= 0.3 is 0 Å². The van der Waals surface area contributed by atoms with E-state index in [-0.39, 0.29) is 0 Å². The van der Waals surface area contributed by atoms with Gasteiger partial charge in [0.1, 0.15) is 5.69 Å². The van der Waals surface area contributed by atoms with Gasteiger partial charge in [-0.25, -0.2) is 15.0 Å². The Balaban J connectivity index is 1.59. The smallest absolute Gasteiger partial charge is 0.197 e. The minimum absolute atomic E-state index is 0.570. The molecule has 8 heteroatoms. The molecule has 0 atom stereocenters. The van der Waals surface area contributed by atoms with Crippen LogP contribution in [0.15, 0.2) is 46.9 Å². The maximum atomic E-state index is 9.06. The molecule has 1 aromatic carbocycles. The van der Waals surface area contributed by atoms with E-state index < -0.39 is 0 Å². The molecule has 2 aromatic heterocycles. The molecule has 0 radical (unpaired) electrons. The number of anilines is 1. The fourth-order valence-corrected chi connectivity index (χ4v) is 3.24. The molecule has 1 aliphatic heterocycles. The van der Waals surface area contributed by atoms with Gasteiger partial charge in [0.2, 0.25) is 0 Å². The van der Waals surface area contributed by atoms with Crippen LogP contribution in [0, 0.1) is 11.3 Å². The van der Waals surface area contributed by atoms with Gasteiger partial charge in [-0.3, -0.25) is 4.99 Å². The number of hydrogen-bond donors (Lipinski definition) is 2. The van der Waals surface area contributed by atoms with E-state index in [1.54, 1.807) is 18.3 Å². The molecule has 0 fully saturated rings. The fourth-order valence-electron chi connectivity index (χ4n) is 2.53. The molecule has 128 valence electrons. The van der Waals surface area contributed by atoms with Gasteiger partial charge in [-0.05, 0) is 24.6 Å². The first kappa shape index (κ1) is 16.2. The van der Waals surface area contributed by atoms with E-state index in [1.165, 1.54) is 11.3 Å². The molecule has 0 bridgehead atoms. The molecule has 4 rings (SSSR count). The summed E-state index contributed by atoms with van der Waals surface area (Å²) in [7, 11) is 0. The van der Waals surface area contributed by atoms with E-state index in [0.29, 0.717) is 11.4 Å². The van der Waals surface area contributed by atoms with Crippen molar-refractivity contribution in [1.29, 1.82) is 5.26 Å². The molecule has 0 saturated heterocycles. The first-order valence-corrected chi connectivity index (χ1v) is 9.04. The van der Waals surface area contributed by atoms with E-state index in [2.05, 4.69) is 36.6 Å². The lowest BCUT2D eigenvalue weighted by Crippen LogP contribution is -2.35. The summed E-state index contributed by atoms with van der Waals surface area (Å²) in [6.45, 7) is 1.74. The zero-order valence-corrected chi connectivity index (χ0v) is 14.6. The Morgan fingerprint density at radius 1 is 1.19 bits per heavy atom. The average molecular weight is 361 g/mol. The number of hydrogen-bond acceptors (Lipinski definition) is 8. The Kier molecular flexibility index (Phi) is 4.53. The zero-order valence-electron chi connectivity index (χ0n) is 13.8.